The molecule has 2 aliphatic carbocycles. The zero-order valence-electron chi connectivity index (χ0n) is 8.55. The van der Waals surface area contributed by atoms with Gasteiger partial charge in [0.15, 0.2) is 0 Å². The molecule has 0 N–H and O–H groups in total. The van der Waals surface area contributed by atoms with Crippen LogP contribution in [-0.2, 0) is 5.41 Å². The van der Waals surface area contributed by atoms with Crippen LogP contribution in [-0.4, -0.2) is 1.43 Å². The summed E-state index contributed by atoms with van der Waals surface area (Å²) in [6, 6.07) is 11.2. The van der Waals surface area contributed by atoms with Gasteiger partial charge in [-0.05, 0) is 37.2 Å². The molecule has 0 amide bonds. The lowest BCUT2D eigenvalue weighted by molar-refractivity contribution is 0.433. The van der Waals surface area contributed by atoms with Crippen molar-refractivity contribution >= 4 is 45.2 Å². The molecule has 2 atom stereocenters. The lowest BCUT2D eigenvalue weighted by Gasteiger charge is -2.39. The maximum Gasteiger partial charge on any atom is 0.0833 e. The quantitative estimate of drug-likeness (QED) is 0.454. The zero-order valence-corrected chi connectivity index (χ0v) is 12.9. The fourth-order valence-corrected chi connectivity index (χ4v) is 6.29. The Morgan fingerprint density at radius 3 is 2.33 bits per heavy atom. The zero-order chi connectivity index (χ0) is 10.5. The molecule has 3 rings (SSSR count). The first-order valence-electron chi connectivity index (χ1n) is 5.57. The van der Waals surface area contributed by atoms with E-state index in [1.165, 1.54) is 25.7 Å². The standard InChI is InChI=1S/C13H14I2/c14-13(15)9-10-6-7-12(13,8-10)11-4-2-1-3-5-11/h1-5,10H,6-9H2. The van der Waals surface area contributed by atoms with Crippen molar-refractivity contribution in [2.24, 2.45) is 5.92 Å². The first kappa shape index (κ1) is 10.8. The molecule has 0 radical (unpaired) electrons. The van der Waals surface area contributed by atoms with Crippen LogP contribution in [0.4, 0.5) is 0 Å². The third-order valence-corrected chi connectivity index (χ3v) is 7.13. The Morgan fingerprint density at radius 1 is 1.07 bits per heavy atom. The molecule has 2 fully saturated rings. The molecular formula is C13H14I2. The summed E-state index contributed by atoms with van der Waals surface area (Å²) in [5.41, 5.74) is 2.05. The second kappa shape index (κ2) is 3.59. The second-order valence-electron chi connectivity index (χ2n) is 4.97. The van der Waals surface area contributed by atoms with Crippen molar-refractivity contribution in [3.8, 4) is 0 Å². The van der Waals surface area contributed by atoms with Gasteiger partial charge < -0.3 is 0 Å². The summed E-state index contributed by atoms with van der Waals surface area (Å²) >= 11 is 5.40. The fraction of sp³-hybridized carbons (Fsp3) is 0.538. The van der Waals surface area contributed by atoms with Crippen LogP contribution in [0.25, 0.3) is 0 Å². The van der Waals surface area contributed by atoms with Gasteiger partial charge in [0.05, 0.1) is 1.43 Å². The van der Waals surface area contributed by atoms with E-state index in [4.69, 9.17) is 0 Å². The highest BCUT2D eigenvalue weighted by Gasteiger charge is 2.59. The number of alkyl halides is 2. The summed E-state index contributed by atoms with van der Waals surface area (Å²) in [5.74, 6) is 0.985. The first-order chi connectivity index (χ1) is 7.14. The minimum atomic E-state index is 0.451. The maximum atomic E-state index is 2.70. The molecule has 2 bridgehead atoms. The van der Waals surface area contributed by atoms with Crippen molar-refractivity contribution < 1.29 is 0 Å². The molecule has 15 heavy (non-hydrogen) atoms. The van der Waals surface area contributed by atoms with Gasteiger partial charge in [-0.15, -0.1) is 0 Å². The van der Waals surface area contributed by atoms with Gasteiger partial charge in [0.1, 0.15) is 0 Å². The van der Waals surface area contributed by atoms with E-state index in [0.29, 0.717) is 6.84 Å². The average Bonchev–Trinajstić information content (AvgIpc) is 2.74. The summed E-state index contributed by atoms with van der Waals surface area (Å²) < 4.78 is 0.451. The monoisotopic (exact) mass is 424 g/mol. The molecule has 0 heterocycles. The summed E-state index contributed by atoms with van der Waals surface area (Å²) in [4.78, 5) is 0. The minimum Gasteiger partial charge on any atom is -0.0662 e. The Morgan fingerprint density at radius 2 is 1.80 bits per heavy atom. The Hall–Kier alpha value is 0.680. The molecule has 2 heteroatoms. The molecule has 2 unspecified atom stereocenters. The van der Waals surface area contributed by atoms with Gasteiger partial charge in [-0.25, -0.2) is 0 Å². The average molecular weight is 424 g/mol. The van der Waals surface area contributed by atoms with Gasteiger partial charge in [-0.2, -0.15) is 0 Å². The van der Waals surface area contributed by atoms with E-state index in [9.17, 15) is 0 Å². The van der Waals surface area contributed by atoms with Crippen LogP contribution in [0.3, 0.4) is 0 Å². The van der Waals surface area contributed by atoms with Gasteiger partial charge in [0.25, 0.3) is 0 Å². The van der Waals surface area contributed by atoms with Crippen molar-refractivity contribution in [1.82, 2.24) is 0 Å². The molecule has 2 saturated carbocycles. The smallest absolute Gasteiger partial charge is 0.0662 e. The van der Waals surface area contributed by atoms with Gasteiger partial charge in [0.2, 0.25) is 0 Å². The highest BCUT2D eigenvalue weighted by molar-refractivity contribution is 14.2. The van der Waals surface area contributed by atoms with Crippen LogP contribution in [0, 0.1) is 5.92 Å². The molecule has 80 valence electrons. The number of halogens is 2. The number of hydrogen-bond donors (Lipinski definition) is 0. The molecule has 0 nitrogen and oxygen atoms in total. The van der Waals surface area contributed by atoms with E-state index in [-0.39, 0.29) is 0 Å². The third-order valence-electron chi connectivity index (χ3n) is 4.19. The fourth-order valence-electron chi connectivity index (χ4n) is 3.44. The van der Waals surface area contributed by atoms with Crippen LogP contribution in [0.1, 0.15) is 31.2 Å². The highest BCUT2D eigenvalue weighted by Crippen LogP contribution is 2.67. The van der Waals surface area contributed by atoms with Crippen molar-refractivity contribution in [2.45, 2.75) is 32.5 Å². The molecule has 1 aromatic carbocycles. The predicted molar refractivity (Wildman–Crippen MR) is 80.8 cm³/mol. The maximum absolute atomic E-state index is 2.70. The predicted octanol–water partition coefficient (Wildman–Crippen LogP) is 4.69. The Labute approximate surface area is 118 Å². The summed E-state index contributed by atoms with van der Waals surface area (Å²) in [6.07, 6.45) is 5.67. The van der Waals surface area contributed by atoms with Crippen molar-refractivity contribution in [3.05, 3.63) is 35.9 Å². The highest BCUT2D eigenvalue weighted by atomic mass is 127. The Kier molecular flexibility index (Phi) is 2.58. The second-order valence-corrected chi connectivity index (χ2v) is 10.7. The number of fused-ring (bicyclic) bond motifs is 2. The lowest BCUT2D eigenvalue weighted by atomic mass is 9.78. The summed E-state index contributed by atoms with van der Waals surface area (Å²) in [6.45, 7) is 0. The topological polar surface area (TPSA) is 0 Å². The summed E-state index contributed by atoms with van der Waals surface area (Å²) in [5, 5.41) is 0. The molecule has 1 aromatic rings. The molecule has 0 spiro atoms. The van der Waals surface area contributed by atoms with E-state index in [1.54, 1.807) is 5.56 Å². The largest absolute Gasteiger partial charge is 0.0833 e. The van der Waals surface area contributed by atoms with E-state index in [0.717, 1.165) is 5.92 Å². The lowest BCUT2D eigenvalue weighted by Crippen LogP contribution is -2.37. The van der Waals surface area contributed by atoms with Crippen LogP contribution < -0.4 is 0 Å². The number of hydrogen-bond acceptors (Lipinski definition) is 0. The molecular weight excluding hydrogens is 410 g/mol. The van der Waals surface area contributed by atoms with Crippen LogP contribution >= 0.6 is 45.2 Å². The molecule has 0 saturated heterocycles. The normalized spacial score (nSPS) is 37.1. The molecule has 0 aliphatic heterocycles. The van der Waals surface area contributed by atoms with Gasteiger partial charge in [-0.1, -0.05) is 75.5 Å². The van der Waals surface area contributed by atoms with E-state index < -0.39 is 0 Å². The van der Waals surface area contributed by atoms with Crippen molar-refractivity contribution in [3.63, 3.8) is 0 Å². The van der Waals surface area contributed by atoms with E-state index >= 15 is 0 Å². The Bertz CT molecular complexity index is 371. The van der Waals surface area contributed by atoms with E-state index in [1.807, 2.05) is 0 Å². The van der Waals surface area contributed by atoms with Crippen molar-refractivity contribution in [1.29, 1.82) is 0 Å². The number of benzene rings is 1. The van der Waals surface area contributed by atoms with Crippen LogP contribution in [0.5, 0.6) is 0 Å². The molecule has 0 aromatic heterocycles. The SMILES string of the molecule is IC1(I)CC2CCC1(c1ccccc1)C2. The summed E-state index contributed by atoms with van der Waals surface area (Å²) in [7, 11) is 0. The first-order valence-corrected chi connectivity index (χ1v) is 7.73. The van der Waals surface area contributed by atoms with Gasteiger partial charge >= 0.3 is 0 Å². The minimum absolute atomic E-state index is 0.451. The van der Waals surface area contributed by atoms with E-state index in [2.05, 4.69) is 75.5 Å². The van der Waals surface area contributed by atoms with Crippen molar-refractivity contribution in [2.75, 3.05) is 0 Å². The third kappa shape index (κ3) is 1.50. The molecule has 2 aliphatic rings. The Balaban J connectivity index is 2.10. The number of rotatable bonds is 1. The van der Waals surface area contributed by atoms with Crippen LogP contribution in [0.15, 0.2) is 30.3 Å². The van der Waals surface area contributed by atoms with Gasteiger partial charge in [0, 0.05) is 5.41 Å². The van der Waals surface area contributed by atoms with Crippen LogP contribution in [0.2, 0.25) is 0 Å². The van der Waals surface area contributed by atoms with Gasteiger partial charge in [-0.3, -0.25) is 0 Å².